The van der Waals surface area contributed by atoms with E-state index in [9.17, 15) is 8.78 Å². The van der Waals surface area contributed by atoms with E-state index in [1.54, 1.807) is 4.68 Å². The molecule has 0 saturated heterocycles. The van der Waals surface area contributed by atoms with E-state index in [2.05, 4.69) is 10.1 Å². The van der Waals surface area contributed by atoms with Gasteiger partial charge in [0.15, 0.2) is 11.6 Å². The van der Waals surface area contributed by atoms with Gasteiger partial charge < -0.3 is 5.73 Å². The Labute approximate surface area is 103 Å². The highest BCUT2D eigenvalue weighted by Crippen LogP contribution is 2.23. The van der Waals surface area contributed by atoms with E-state index in [4.69, 9.17) is 5.73 Å². The molecule has 0 amide bonds. The van der Waals surface area contributed by atoms with Crippen LogP contribution in [0.5, 0.6) is 0 Å². The molecule has 2 aromatic rings. The van der Waals surface area contributed by atoms with E-state index in [0.717, 1.165) is 6.07 Å². The molecule has 18 heavy (non-hydrogen) atoms. The predicted octanol–water partition coefficient (Wildman–Crippen LogP) is 2.19. The first-order valence-electron chi connectivity index (χ1n) is 5.61. The summed E-state index contributed by atoms with van der Waals surface area (Å²) in [7, 11) is 0. The maximum Gasteiger partial charge on any atom is 0.164 e. The first kappa shape index (κ1) is 12.6. The molecule has 0 aliphatic carbocycles. The number of hydrogen-bond donors (Lipinski definition) is 1. The molecule has 6 heteroatoms. The summed E-state index contributed by atoms with van der Waals surface area (Å²) in [5.41, 5.74) is 6.01. The quantitative estimate of drug-likeness (QED) is 0.911. The smallest absolute Gasteiger partial charge is 0.164 e. The molecule has 4 nitrogen and oxygen atoms in total. The molecule has 0 saturated carbocycles. The summed E-state index contributed by atoms with van der Waals surface area (Å²) in [5.74, 6) is -1.45. The largest absolute Gasteiger partial charge is 0.318 e. The Balaban J connectivity index is 2.45. The predicted molar refractivity (Wildman–Crippen MR) is 62.8 cm³/mol. The molecule has 0 aliphatic heterocycles. The van der Waals surface area contributed by atoms with Crippen LogP contribution in [0.15, 0.2) is 24.5 Å². The molecule has 96 valence electrons. The number of rotatable bonds is 3. The molecule has 1 unspecified atom stereocenters. The van der Waals surface area contributed by atoms with Gasteiger partial charge in [0, 0.05) is 11.6 Å². The van der Waals surface area contributed by atoms with Crippen LogP contribution in [0.4, 0.5) is 8.78 Å². The lowest BCUT2D eigenvalue weighted by atomic mass is 10.1. The minimum atomic E-state index is -0.941. The highest BCUT2D eigenvalue weighted by Gasteiger charge is 2.21. The number of halogens is 2. The maximum atomic E-state index is 13.7. The molecule has 1 aromatic carbocycles. The summed E-state index contributed by atoms with van der Waals surface area (Å²) in [6, 6.07) is 3.13. The van der Waals surface area contributed by atoms with Crippen LogP contribution in [0.1, 0.15) is 37.3 Å². The highest BCUT2D eigenvalue weighted by atomic mass is 19.2. The molecule has 0 spiro atoms. The normalized spacial score (nSPS) is 13.0. The van der Waals surface area contributed by atoms with Crippen molar-refractivity contribution in [1.29, 1.82) is 0 Å². The third kappa shape index (κ3) is 2.11. The van der Waals surface area contributed by atoms with Gasteiger partial charge in [0.05, 0.1) is 6.04 Å². The molecular formula is C12H14F2N4. The fraction of sp³-hybridized carbons (Fsp3) is 0.333. The molecule has 2 rings (SSSR count). The first-order chi connectivity index (χ1) is 8.52. The van der Waals surface area contributed by atoms with Crippen LogP contribution in [-0.2, 0) is 0 Å². The standard InChI is InChI=1S/C12H14F2N4/c1-7(2)18-12(16-6-17-18)11(15)8-4-3-5-9(13)10(8)14/h3-7,11H,15H2,1-2H3. The summed E-state index contributed by atoms with van der Waals surface area (Å²) >= 11 is 0. The molecule has 0 bridgehead atoms. The Morgan fingerprint density at radius 2 is 2.00 bits per heavy atom. The second kappa shape index (κ2) is 4.81. The molecule has 0 aliphatic rings. The van der Waals surface area contributed by atoms with Gasteiger partial charge in [-0.25, -0.2) is 18.4 Å². The number of benzene rings is 1. The lowest BCUT2D eigenvalue weighted by molar-refractivity contribution is 0.471. The van der Waals surface area contributed by atoms with Crippen molar-refractivity contribution in [2.75, 3.05) is 0 Å². The molecule has 1 atom stereocenters. The SMILES string of the molecule is CC(C)n1ncnc1C(N)c1cccc(F)c1F. The van der Waals surface area contributed by atoms with Gasteiger partial charge in [-0.3, -0.25) is 0 Å². The van der Waals surface area contributed by atoms with Crippen LogP contribution in [0.3, 0.4) is 0 Å². The Morgan fingerprint density at radius 1 is 1.28 bits per heavy atom. The second-order valence-corrected chi connectivity index (χ2v) is 4.28. The molecular weight excluding hydrogens is 238 g/mol. The average molecular weight is 252 g/mol. The van der Waals surface area contributed by atoms with Crippen LogP contribution in [-0.4, -0.2) is 14.8 Å². The summed E-state index contributed by atoms with van der Waals surface area (Å²) < 4.78 is 28.4. The highest BCUT2D eigenvalue weighted by molar-refractivity contribution is 5.26. The number of nitrogens with two attached hydrogens (primary N) is 1. The van der Waals surface area contributed by atoms with Crippen molar-refractivity contribution in [2.45, 2.75) is 25.9 Å². The van der Waals surface area contributed by atoms with E-state index in [1.165, 1.54) is 18.5 Å². The van der Waals surface area contributed by atoms with Gasteiger partial charge in [0.1, 0.15) is 12.2 Å². The summed E-state index contributed by atoms with van der Waals surface area (Å²) in [6.07, 6.45) is 1.35. The van der Waals surface area contributed by atoms with Gasteiger partial charge >= 0.3 is 0 Å². The van der Waals surface area contributed by atoms with Crippen molar-refractivity contribution in [1.82, 2.24) is 14.8 Å². The molecule has 0 radical (unpaired) electrons. The number of aromatic nitrogens is 3. The van der Waals surface area contributed by atoms with Gasteiger partial charge in [0.25, 0.3) is 0 Å². The second-order valence-electron chi connectivity index (χ2n) is 4.28. The maximum absolute atomic E-state index is 13.7. The summed E-state index contributed by atoms with van der Waals surface area (Å²) in [5, 5.41) is 4.02. The average Bonchev–Trinajstić information content (AvgIpc) is 2.81. The van der Waals surface area contributed by atoms with Crippen LogP contribution in [0.2, 0.25) is 0 Å². The summed E-state index contributed by atoms with van der Waals surface area (Å²) in [6.45, 7) is 3.82. The van der Waals surface area contributed by atoms with Crippen molar-refractivity contribution in [3.63, 3.8) is 0 Å². The van der Waals surface area contributed by atoms with Gasteiger partial charge in [-0.2, -0.15) is 5.10 Å². The Hall–Kier alpha value is -1.82. The Bertz CT molecular complexity index is 551. The van der Waals surface area contributed by atoms with Crippen LogP contribution < -0.4 is 5.73 Å². The van der Waals surface area contributed by atoms with E-state index >= 15 is 0 Å². The van der Waals surface area contributed by atoms with E-state index in [0.29, 0.717) is 5.82 Å². The Kier molecular flexibility index (Phi) is 3.38. The molecule has 1 aromatic heterocycles. The minimum absolute atomic E-state index is 0.0465. The topological polar surface area (TPSA) is 56.7 Å². The van der Waals surface area contributed by atoms with Crippen molar-refractivity contribution in [2.24, 2.45) is 5.73 Å². The molecule has 1 heterocycles. The van der Waals surface area contributed by atoms with Crippen molar-refractivity contribution < 1.29 is 8.78 Å². The number of nitrogens with zero attached hydrogens (tertiary/aromatic N) is 3. The lowest BCUT2D eigenvalue weighted by Crippen LogP contribution is -2.21. The third-order valence-electron chi connectivity index (χ3n) is 2.68. The number of hydrogen-bond acceptors (Lipinski definition) is 3. The molecule has 2 N–H and O–H groups in total. The van der Waals surface area contributed by atoms with Crippen LogP contribution >= 0.6 is 0 Å². The zero-order valence-electron chi connectivity index (χ0n) is 10.1. The van der Waals surface area contributed by atoms with E-state index < -0.39 is 17.7 Å². The zero-order chi connectivity index (χ0) is 13.3. The molecule has 0 fully saturated rings. The van der Waals surface area contributed by atoms with E-state index in [1.807, 2.05) is 13.8 Å². The fourth-order valence-corrected chi connectivity index (χ4v) is 1.78. The van der Waals surface area contributed by atoms with Gasteiger partial charge in [0.2, 0.25) is 0 Å². The third-order valence-corrected chi connectivity index (χ3v) is 2.68. The Morgan fingerprint density at radius 3 is 2.67 bits per heavy atom. The summed E-state index contributed by atoms with van der Waals surface area (Å²) in [4.78, 5) is 4.02. The van der Waals surface area contributed by atoms with Gasteiger partial charge in [-0.15, -0.1) is 0 Å². The van der Waals surface area contributed by atoms with Crippen molar-refractivity contribution in [3.8, 4) is 0 Å². The van der Waals surface area contributed by atoms with Gasteiger partial charge in [-0.05, 0) is 19.9 Å². The van der Waals surface area contributed by atoms with Crippen LogP contribution in [0, 0.1) is 11.6 Å². The van der Waals surface area contributed by atoms with Crippen molar-refractivity contribution in [3.05, 3.63) is 47.5 Å². The zero-order valence-corrected chi connectivity index (χ0v) is 10.1. The van der Waals surface area contributed by atoms with Crippen LogP contribution in [0.25, 0.3) is 0 Å². The lowest BCUT2D eigenvalue weighted by Gasteiger charge is -2.16. The first-order valence-corrected chi connectivity index (χ1v) is 5.61. The van der Waals surface area contributed by atoms with Gasteiger partial charge in [-0.1, -0.05) is 12.1 Å². The van der Waals surface area contributed by atoms with E-state index in [-0.39, 0.29) is 11.6 Å². The van der Waals surface area contributed by atoms with Crippen molar-refractivity contribution >= 4 is 0 Å². The fourth-order valence-electron chi connectivity index (χ4n) is 1.78. The minimum Gasteiger partial charge on any atom is -0.318 e. The monoisotopic (exact) mass is 252 g/mol.